The van der Waals surface area contributed by atoms with Gasteiger partial charge in [-0.25, -0.2) is 0 Å². The van der Waals surface area contributed by atoms with Gasteiger partial charge in [0.25, 0.3) is 0 Å². The fourth-order valence-corrected chi connectivity index (χ4v) is 7.74. The van der Waals surface area contributed by atoms with Crippen LogP contribution in [0.1, 0.15) is 290 Å². The van der Waals surface area contributed by atoms with E-state index in [0.717, 1.165) is 57.8 Å². The molecule has 0 radical (unpaired) electrons. The lowest BCUT2D eigenvalue weighted by Gasteiger charge is -2.18. The molecular weight excluding hydrogens is 709 g/mol. The molecule has 0 aromatic carbocycles. The first kappa shape index (κ1) is 55.4. The summed E-state index contributed by atoms with van der Waals surface area (Å²) in [5.74, 6) is -0.843. The molecular formula is C51H98O6. The first-order chi connectivity index (χ1) is 28.0. The quantitative estimate of drug-likeness (QED) is 0.0346. The number of carbonyl (C=O) groups is 3. The minimum absolute atomic E-state index is 0.0620. The smallest absolute Gasteiger partial charge is 0.306 e. The average Bonchev–Trinajstić information content (AvgIpc) is 3.21. The minimum Gasteiger partial charge on any atom is -0.462 e. The number of hydrogen-bond acceptors (Lipinski definition) is 6. The molecule has 6 nitrogen and oxygen atoms in total. The lowest BCUT2D eigenvalue weighted by Crippen LogP contribution is -2.30. The zero-order valence-corrected chi connectivity index (χ0v) is 38.6. The van der Waals surface area contributed by atoms with Crippen LogP contribution in [0.5, 0.6) is 0 Å². The number of ether oxygens (including phenoxy) is 3. The Morgan fingerprint density at radius 2 is 0.474 bits per heavy atom. The molecule has 0 amide bonds. The van der Waals surface area contributed by atoms with Crippen molar-refractivity contribution in [1.29, 1.82) is 0 Å². The summed E-state index contributed by atoms with van der Waals surface area (Å²) in [7, 11) is 0. The molecule has 0 aromatic heterocycles. The van der Waals surface area contributed by atoms with Crippen LogP contribution < -0.4 is 0 Å². The number of carbonyl (C=O) groups excluding carboxylic acids is 3. The van der Waals surface area contributed by atoms with E-state index in [0.29, 0.717) is 19.3 Å². The second kappa shape index (κ2) is 47.1. The van der Waals surface area contributed by atoms with E-state index in [1.54, 1.807) is 0 Å². The summed E-state index contributed by atoms with van der Waals surface area (Å²) in [6.07, 6.45) is 49.4. The zero-order chi connectivity index (χ0) is 41.5. The standard InChI is InChI=1S/C51H98O6/c1-4-7-10-13-16-19-22-24-25-26-27-30-33-36-39-42-45-51(54)57-48(46-55-49(52)43-40-37-34-31-28-21-18-15-12-9-6-3)47-56-50(53)44-41-38-35-32-29-23-20-17-14-11-8-5-2/h48H,4-47H2,1-3H3/t48-/m1/s1. The van der Waals surface area contributed by atoms with Crippen molar-refractivity contribution in [2.24, 2.45) is 0 Å². The average molecular weight is 807 g/mol. The Hall–Kier alpha value is -1.59. The van der Waals surface area contributed by atoms with Crippen molar-refractivity contribution in [3.63, 3.8) is 0 Å². The molecule has 0 aromatic rings. The monoisotopic (exact) mass is 807 g/mol. The Balaban J connectivity index is 4.29. The Morgan fingerprint density at radius 1 is 0.281 bits per heavy atom. The molecule has 0 heterocycles. The SMILES string of the molecule is CCCCCCCCCCCCCCCCCCC(=O)O[C@H](COC(=O)CCCCCCCCCCCCC)COC(=O)CCCCCCCCCCCCCC. The largest absolute Gasteiger partial charge is 0.462 e. The van der Waals surface area contributed by atoms with Gasteiger partial charge in [-0.05, 0) is 19.3 Å². The number of hydrogen-bond donors (Lipinski definition) is 0. The second-order valence-corrected chi connectivity index (χ2v) is 17.5. The molecule has 1 atom stereocenters. The lowest BCUT2D eigenvalue weighted by atomic mass is 10.0. The highest BCUT2D eigenvalue weighted by Crippen LogP contribution is 2.17. The van der Waals surface area contributed by atoms with Crippen LogP contribution in [-0.2, 0) is 28.6 Å². The summed E-state index contributed by atoms with van der Waals surface area (Å²) in [4.78, 5) is 37.9. The molecule has 0 saturated carbocycles. The highest BCUT2D eigenvalue weighted by molar-refractivity contribution is 5.71. The molecule has 0 bridgehead atoms. The molecule has 0 unspecified atom stereocenters. The maximum absolute atomic E-state index is 12.8. The molecule has 57 heavy (non-hydrogen) atoms. The van der Waals surface area contributed by atoms with Crippen LogP contribution in [0.4, 0.5) is 0 Å². The van der Waals surface area contributed by atoms with E-state index < -0.39 is 6.10 Å². The third-order valence-electron chi connectivity index (χ3n) is 11.6. The molecule has 0 spiro atoms. The van der Waals surface area contributed by atoms with E-state index >= 15 is 0 Å². The molecule has 0 fully saturated rings. The second-order valence-electron chi connectivity index (χ2n) is 17.5. The van der Waals surface area contributed by atoms with Gasteiger partial charge in [0.15, 0.2) is 6.10 Å². The number of rotatable bonds is 47. The fourth-order valence-electron chi connectivity index (χ4n) is 7.74. The van der Waals surface area contributed by atoms with Gasteiger partial charge in [0.2, 0.25) is 0 Å². The third kappa shape index (κ3) is 45.3. The summed E-state index contributed by atoms with van der Waals surface area (Å²) in [6.45, 7) is 6.67. The molecule has 338 valence electrons. The fraction of sp³-hybridized carbons (Fsp3) is 0.941. The van der Waals surface area contributed by atoms with Crippen molar-refractivity contribution in [1.82, 2.24) is 0 Å². The van der Waals surface area contributed by atoms with Gasteiger partial charge in [0, 0.05) is 19.3 Å². The maximum atomic E-state index is 12.8. The van der Waals surface area contributed by atoms with Crippen LogP contribution in [0.3, 0.4) is 0 Å². The van der Waals surface area contributed by atoms with Crippen molar-refractivity contribution < 1.29 is 28.6 Å². The van der Waals surface area contributed by atoms with Gasteiger partial charge < -0.3 is 14.2 Å². The summed E-state index contributed by atoms with van der Waals surface area (Å²) < 4.78 is 16.8. The molecule has 6 heteroatoms. The van der Waals surface area contributed by atoms with E-state index in [-0.39, 0.29) is 31.1 Å². The van der Waals surface area contributed by atoms with Gasteiger partial charge in [-0.3, -0.25) is 14.4 Å². The van der Waals surface area contributed by atoms with E-state index in [2.05, 4.69) is 20.8 Å². The maximum Gasteiger partial charge on any atom is 0.306 e. The Kier molecular flexibility index (Phi) is 45.8. The third-order valence-corrected chi connectivity index (χ3v) is 11.6. The van der Waals surface area contributed by atoms with Gasteiger partial charge in [-0.2, -0.15) is 0 Å². The highest BCUT2D eigenvalue weighted by atomic mass is 16.6. The molecule has 0 N–H and O–H groups in total. The predicted molar refractivity (Wildman–Crippen MR) is 243 cm³/mol. The number of unbranched alkanes of at least 4 members (excludes halogenated alkanes) is 36. The first-order valence-corrected chi connectivity index (χ1v) is 25.5. The molecule has 0 aliphatic heterocycles. The zero-order valence-electron chi connectivity index (χ0n) is 38.6. The molecule has 0 saturated heterocycles. The van der Waals surface area contributed by atoms with Gasteiger partial charge in [-0.15, -0.1) is 0 Å². The van der Waals surface area contributed by atoms with Crippen molar-refractivity contribution in [2.45, 2.75) is 297 Å². The van der Waals surface area contributed by atoms with Crippen LogP contribution in [0.15, 0.2) is 0 Å². The van der Waals surface area contributed by atoms with Crippen molar-refractivity contribution >= 4 is 17.9 Å². The highest BCUT2D eigenvalue weighted by Gasteiger charge is 2.19. The summed E-state index contributed by atoms with van der Waals surface area (Å²) in [6, 6.07) is 0. The lowest BCUT2D eigenvalue weighted by molar-refractivity contribution is -0.167. The van der Waals surface area contributed by atoms with Gasteiger partial charge in [-0.1, -0.05) is 252 Å². The number of esters is 3. The predicted octanol–water partition coefficient (Wildman–Crippen LogP) is 16.4. The van der Waals surface area contributed by atoms with Crippen molar-refractivity contribution in [3.05, 3.63) is 0 Å². The Bertz CT molecular complexity index is 844. The van der Waals surface area contributed by atoms with Crippen LogP contribution >= 0.6 is 0 Å². The molecule has 0 aliphatic rings. The van der Waals surface area contributed by atoms with E-state index in [1.165, 1.54) is 193 Å². The molecule has 0 aliphatic carbocycles. The van der Waals surface area contributed by atoms with Crippen LogP contribution in [0.2, 0.25) is 0 Å². The molecule has 0 rings (SSSR count). The Labute approximate surface area is 355 Å². The van der Waals surface area contributed by atoms with Crippen molar-refractivity contribution in [2.75, 3.05) is 13.2 Å². The summed E-state index contributed by atoms with van der Waals surface area (Å²) in [5.41, 5.74) is 0. The van der Waals surface area contributed by atoms with E-state index in [9.17, 15) is 14.4 Å². The van der Waals surface area contributed by atoms with Gasteiger partial charge in [0.05, 0.1) is 0 Å². The minimum atomic E-state index is -0.759. The van der Waals surface area contributed by atoms with Gasteiger partial charge in [0.1, 0.15) is 13.2 Å². The summed E-state index contributed by atoms with van der Waals surface area (Å²) >= 11 is 0. The van der Waals surface area contributed by atoms with E-state index in [1.807, 2.05) is 0 Å². The van der Waals surface area contributed by atoms with Crippen molar-refractivity contribution in [3.8, 4) is 0 Å². The van der Waals surface area contributed by atoms with E-state index in [4.69, 9.17) is 14.2 Å². The van der Waals surface area contributed by atoms with Crippen LogP contribution in [-0.4, -0.2) is 37.2 Å². The first-order valence-electron chi connectivity index (χ1n) is 25.5. The van der Waals surface area contributed by atoms with Crippen LogP contribution in [0, 0.1) is 0 Å². The van der Waals surface area contributed by atoms with Crippen LogP contribution in [0.25, 0.3) is 0 Å². The summed E-state index contributed by atoms with van der Waals surface area (Å²) in [5, 5.41) is 0. The topological polar surface area (TPSA) is 78.9 Å². The van der Waals surface area contributed by atoms with Gasteiger partial charge >= 0.3 is 17.9 Å². The normalized spacial score (nSPS) is 11.8. The Morgan fingerprint density at radius 3 is 0.702 bits per heavy atom.